The van der Waals surface area contributed by atoms with Gasteiger partial charge in [0.1, 0.15) is 0 Å². The predicted octanol–water partition coefficient (Wildman–Crippen LogP) is 4.26. The van der Waals surface area contributed by atoms with E-state index in [1.807, 2.05) is 75.3 Å². The molecule has 1 saturated heterocycles. The van der Waals surface area contributed by atoms with Gasteiger partial charge in [0.15, 0.2) is 5.17 Å². The van der Waals surface area contributed by atoms with E-state index in [1.54, 1.807) is 0 Å². The van der Waals surface area contributed by atoms with Crippen molar-refractivity contribution < 1.29 is 4.79 Å². The first-order valence-electron chi connectivity index (χ1n) is 8.06. The van der Waals surface area contributed by atoms with Crippen LogP contribution in [0, 0.1) is 13.8 Å². The predicted molar refractivity (Wildman–Crippen MR) is 107 cm³/mol. The number of hydrogen-bond acceptors (Lipinski definition) is 4. The number of nitrogens with one attached hydrogen (secondary N) is 1. The number of thioether (sulfide) groups is 1. The molecule has 0 aromatic heterocycles. The number of nitrogens with zero attached hydrogens (tertiary/aromatic N) is 2. The van der Waals surface area contributed by atoms with Crippen LogP contribution in [0.2, 0.25) is 0 Å². The Labute approximate surface area is 152 Å². The molecule has 5 heteroatoms. The van der Waals surface area contributed by atoms with Crippen molar-refractivity contribution in [1.29, 1.82) is 0 Å². The van der Waals surface area contributed by atoms with E-state index >= 15 is 0 Å². The van der Waals surface area contributed by atoms with Crippen LogP contribution in [0.1, 0.15) is 16.7 Å². The third-order valence-corrected chi connectivity index (χ3v) is 4.85. The zero-order valence-electron chi connectivity index (χ0n) is 14.8. The monoisotopic (exact) mass is 351 g/mol. The lowest BCUT2D eigenvalue weighted by Gasteiger charge is -2.11. The van der Waals surface area contributed by atoms with E-state index in [9.17, 15) is 4.79 Å². The molecule has 1 aliphatic heterocycles. The zero-order valence-corrected chi connectivity index (χ0v) is 15.6. The molecule has 0 radical (unpaired) electrons. The summed E-state index contributed by atoms with van der Waals surface area (Å²) in [4.78, 5) is 19.5. The standard InChI is InChI=1S/C20H21N3OS/c1-13-5-6-14(2)17(11-13)21-20-22-19(24)18(25-20)12-15-7-9-16(10-8-15)23(3)4/h5-12H,1-4H3,(H,21,22,24). The van der Waals surface area contributed by atoms with Gasteiger partial charge in [-0.25, -0.2) is 4.99 Å². The summed E-state index contributed by atoms with van der Waals surface area (Å²) in [5.74, 6) is -0.106. The molecule has 0 aliphatic carbocycles. The number of aryl methyl sites for hydroxylation is 2. The molecule has 2 aromatic rings. The van der Waals surface area contributed by atoms with Crippen molar-refractivity contribution >= 4 is 40.3 Å². The lowest BCUT2D eigenvalue weighted by molar-refractivity contribution is -0.115. The van der Waals surface area contributed by atoms with Crippen molar-refractivity contribution in [2.75, 3.05) is 19.0 Å². The molecule has 1 aliphatic rings. The highest BCUT2D eigenvalue weighted by Gasteiger charge is 2.23. The summed E-state index contributed by atoms with van der Waals surface area (Å²) in [6.45, 7) is 4.05. The molecule has 1 heterocycles. The number of carbonyl (C=O) groups excluding carboxylic acids is 1. The van der Waals surface area contributed by atoms with Gasteiger partial charge in [0, 0.05) is 19.8 Å². The Hall–Kier alpha value is -2.53. The molecule has 25 heavy (non-hydrogen) atoms. The number of carbonyl (C=O) groups is 1. The fraction of sp³-hybridized carbons (Fsp3) is 0.200. The van der Waals surface area contributed by atoms with Crippen molar-refractivity contribution in [2.24, 2.45) is 4.99 Å². The van der Waals surface area contributed by atoms with Gasteiger partial charge in [-0.3, -0.25) is 4.79 Å². The van der Waals surface area contributed by atoms with Crippen LogP contribution in [0.4, 0.5) is 11.4 Å². The summed E-state index contributed by atoms with van der Waals surface area (Å²) in [5.41, 5.74) is 5.25. The lowest BCUT2D eigenvalue weighted by atomic mass is 10.1. The Kier molecular flexibility index (Phi) is 4.95. The second-order valence-electron chi connectivity index (χ2n) is 6.26. The van der Waals surface area contributed by atoms with Gasteiger partial charge in [0.25, 0.3) is 5.91 Å². The third kappa shape index (κ3) is 4.12. The third-order valence-electron chi connectivity index (χ3n) is 3.94. The van der Waals surface area contributed by atoms with E-state index in [1.165, 1.54) is 11.8 Å². The average molecular weight is 351 g/mol. The van der Waals surface area contributed by atoms with Crippen LogP contribution in [0.3, 0.4) is 0 Å². The summed E-state index contributed by atoms with van der Waals surface area (Å²) < 4.78 is 0. The normalized spacial score (nSPS) is 17.2. The van der Waals surface area contributed by atoms with Gasteiger partial charge < -0.3 is 10.2 Å². The first-order chi connectivity index (χ1) is 11.9. The molecule has 4 nitrogen and oxygen atoms in total. The van der Waals surface area contributed by atoms with E-state index in [2.05, 4.69) is 16.4 Å². The zero-order chi connectivity index (χ0) is 18.0. The molecule has 3 rings (SSSR count). The minimum Gasteiger partial charge on any atom is -0.378 e. The summed E-state index contributed by atoms with van der Waals surface area (Å²) >= 11 is 1.37. The van der Waals surface area contributed by atoms with Gasteiger partial charge in [-0.1, -0.05) is 24.3 Å². The Morgan fingerprint density at radius 2 is 1.80 bits per heavy atom. The highest BCUT2D eigenvalue weighted by Crippen LogP contribution is 2.29. The first kappa shape index (κ1) is 17.3. The van der Waals surface area contributed by atoms with Crippen molar-refractivity contribution in [2.45, 2.75) is 13.8 Å². The van der Waals surface area contributed by atoms with Crippen LogP contribution in [0.15, 0.2) is 52.4 Å². The smallest absolute Gasteiger partial charge is 0.264 e. The maximum Gasteiger partial charge on any atom is 0.264 e. The molecule has 2 aromatic carbocycles. The van der Waals surface area contributed by atoms with Crippen LogP contribution in [-0.2, 0) is 4.79 Å². The largest absolute Gasteiger partial charge is 0.378 e. The molecule has 0 atom stereocenters. The van der Waals surface area contributed by atoms with E-state index in [-0.39, 0.29) is 5.91 Å². The number of amidine groups is 1. The molecular weight excluding hydrogens is 330 g/mol. The van der Waals surface area contributed by atoms with Crippen molar-refractivity contribution in [3.8, 4) is 0 Å². The second-order valence-corrected chi connectivity index (χ2v) is 7.29. The Morgan fingerprint density at radius 1 is 1.08 bits per heavy atom. The van der Waals surface area contributed by atoms with Crippen LogP contribution >= 0.6 is 11.8 Å². The highest BCUT2D eigenvalue weighted by atomic mass is 32.2. The molecule has 1 amide bonds. The quantitative estimate of drug-likeness (QED) is 0.840. The number of aliphatic imine (C=N–C) groups is 1. The second kappa shape index (κ2) is 7.15. The van der Waals surface area contributed by atoms with Crippen molar-refractivity contribution in [1.82, 2.24) is 5.32 Å². The van der Waals surface area contributed by atoms with Gasteiger partial charge in [-0.15, -0.1) is 0 Å². The molecule has 0 unspecified atom stereocenters. The number of hydrogen-bond donors (Lipinski definition) is 1. The number of amides is 1. The molecule has 0 spiro atoms. The van der Waals surface area contributed by atoms with Crippen LogP contribution in [0.5, 0.6) is 0 Å². The topological polar surface area (TPSA) is 44.7 Å². The maximum atomic E-state index is 12.2. The molecule has 0 bridgehead atoms. The molecular formula is C20H21N3OS. The summed E-state index contributed by atoms with van der Waals surface area (Å²) in [6, 6.07) is 14.2. The minimum atomic E-state index is -0.106. The lowest BCUT2D eigenvalue weighted by Crippen LogP contribution is -2.19. The van der Waals surface area contributed by atoms with E-state index in [0.29, 0.717) is 10.1 Å². The minimum absolute atomic E-state index is 0.106. The van der Waals surface area contributed by atoms with Crippen molar-refractivity contribution in [3.63, 3.8) is 0 Å². The Bertz CT molecular complexity index is 867. The van der Waals surface area contributed by atoms with Gasteiger partial charge in [0.2, 0.25) is 0 Å². The molecule has 128 valence electrons. The summed E-state index contributed by atoms with van der Waals surface area (Å²) in [6.07, 6.45) is 1.89. The van der Waals surface area contributed by atoms with E-state index in [4.69, 9.17) is 0 Å². The van der Waals surface area contributed by atoms with Crippen LogP contribution in [0.25, 0.3) is 6.08 Å². The number of benzene rings is 2. The van der Waals surface area contributed by atoms with Crippen LogP contribution in [-0.4, -0.2) is 25.2 Å². The fourth-order valence-electron chi connectivity index (χ4n) is 2.45. The molecule has 1 fully saturated rings. The van der Waals surface area contributed by atoms with Crippen molar-refractivity contribution in [3.05, 3.63) is 64.1 Å². The highest BCUT2D eigenvalue weighted by molar-refractivity contribution is 8.18. The van der Waals surface area contributed by atoms with Crippen LogP contribution < -0.4 is 10.2 Å². The van der Waals surface area contributed by atoms with E-state index < -0.39 is 0 Å². The van der Waals surface area contributed by atoms with Gasteiger partial charge in [0.05, 0.1) is 10.6 Å². The Morgan fingerprint density at radius 3 is 2.48 bits per heavy atom. The van der Waals surface area contributed by atoms with E-state index in [0.717, 1.165) is 28.1 Å². The number of rotatable bonds is 3. The van der Waals surface area contributed by atoms with Gasteiger partial charge in [-0.2, -0.15) is 0 Å². The Balaban J connectivity index is 1.82. The SMILES string of the molecule is Cc1ccc(C)c(N=C2NC(=O)C(=Cc3ccc(N(C)C)cc3)S2)c1. The van der Waals surface area contributed by atoms with Gasteiger partial charge >= 0.3 is 0 Å². The van der Waals surface area contributed by atoms with Gasteiger partial charge in [-0.05, 0) is 66.6 Å². The maximum absolute atomic E-state index is 12.2. The molecule has 1 N–H and O–H groups in total. The summed E-state index contributed by atoms with van der Waals surface area (Å²) in [5, 5.41) is 3.47. The molecule has 0 saturated carbocycles. The first-order valence-corrected chi connectivity index (χ1v) is 8.88. The summed E-state index contributed by atoms with van der Waals surface area (Å²) in [7, 11) is 4.01. The average Bonchev–Trinajstić information content (AvgIpc) is 2.91. The number of anilines is 1. The fourth-order valence-corrected chi connectivity index (χ4v) is 3.28.